The van der Waals surface area contributed by atoms with Crippen molar-refractivity contribution < 1.29 is 27.5 Å². The number of piperidine rings is 1. The van der Waals surface area contributed by atoms with Crippen LogP contribution in [0.2, 0.25) is 0 Å². The summed E-state index contributed by atoms with van der Waals surface area (Å²) in [6.45, 7) is 2.76. The lowest BCUT2D eigenvalue weighted by atomic mass is 9.68. The topological polar surface area (TPSA) is 133 Å². The number of nitrogens with one attached hydrogen (secondary N) is 1. The molecule has 1 spiro atoms. The van der Waals surface area contributed by atoms with Crippen LogP contribution in [0, 0.1) is 0 Å². The van der Waals surface area contributed by atoms with Gasteiger partial charge in [-0.1, -0.05) is 11.2 Å². The van der Waals surface area contributed by atoms with Gasteiger partial charge in [-0.05, 0) is 69.7 Å². The average molecular weight is 652 g/mol. The third-order valence-electron chi connectivity index (χ3n) is 10.4. The number of ether oxygens (including phenoxy) is 3. The third-order valence-corrected chi connectivity index (χ3v) is 10.4. The fourth-order valence-corrected chi connectivity index (χ4v) is 8.34. The minimum Gasteiger partial charge on any atom is -0.473 e. The van der Waals surface area contributed by atoms with Gasteiger partial charge in [-0.2, -0.15) is 9.97 Å². The first-order chi connectivity index (χ1) is 22.6. The second-order valence-corrected chi connectivity index (χ2v) is 13.4. The Balaban J connectivity index is 1.28. The van der Waals surface area contributed by atoms with Gasteiger partial charge in [0.25, 0.3) is 5.92 Å². The molecule has 0 amide bonds. The summed E-state index contributed by atoms with van der Waals surface area (Å²) in [4.78, 5) is 16.1. The number of halogens is 2. The summed E-state index contributed by atoms with van der Waals surface area (Å²) in [5, 5.41) is 7.33. The lowest BCUT2D eigenvalue weighted by Crippen LogP contribution is -2.48. The molecule has 3 N–H and O–H groups in total. The Morgan fingerprint density at radius 2 is 2.04 bits per heavy atom. The Morgan fingerprint density at radius 3 is 2.83 bits per heavy atom. The van der Waals surface area contributed by atoms with Gasteiger partial charge in [0.05, 0.1) is 36.6 Å². The molecule has 4 heterocycles. The van der Waals surface area contributed by atoms with Gasteiger partial charge < -0.3 is 29.8 Å². The van der Waals surface area contributed by atoms with Crippen LogP contribution in [0.4, 0.5) is 14.5 Å². The minimum absolute atomic E-state index is 0.000542. The summed E-state index contributed by atoms with van der Waals surface area (Å²) >= 11 is 0. The quantitative estimate of drug-likeness (QED) is 0.270. The Morgan fingerprint density at radius 1 is 1.21 bits per heavy atom. The number of nitrogens with two attached hydrogens (primary N) is 1. The Hall–Kier alpha value is -3.68. The van der Waals surface area contributed by atoms with E-state index in [1.165, 1.54) is 5.56 Å². The number of nitrogens with zero attached hydrogens (tertiary/aromatic N) is 5. The number of fused-ring (bicyclic) bond motifs is 4. The van der Waals surface area contributed by atoms with Crippen molar-refractivity contribution in [1.29, 1.82) is 0 Å². The summed E-state index contributed by atoms with van der Waals surface area (Å²) in [6.07, 6.45) is 5.54. The molecule has 2 saturated heterocycles. The van der Waals surface area contributed by atoms with Crippen LogP contribution in [0.3, 0.4) is 0 Å². The minimum atomic E-state index is -2.88. The van der Waals surface area contributed by atoms with Crippen molar-refractivity contribution in [1.82, 2.24) is 25.3 Å². The number of hydrogen-bond donors (Lipinski definition) is 2. The van der Waals surface area contributed by atoms with E-state index in [2.05, 4.69) is 26.4 Å². The fourth-order valence-electron chi connectivity index (χ4n) is 8.34. The van der Waals surface area contributed by atoms with Gasteiger partial charge in [0.1, 0.15) is 12.2 Å². The van der Waals surface area contributed by atoms with Crippen LogP contribution in [-0.4, -0.2) is 97.4 Å². The van der Waals surface area contributed by atoms with E-state index in [0.29, 0.717) is 11.4 Å². The zero-order valence-electron chi connectivity index (χ0n) is 27.4. The number of hydrogen-bond acceptors (Lipinski definition) is 11. The Bertz CT molecular complexity index is 1670. The number of nitrogen functional groups attached to an aromatic ring is 1. The number of aryl methyl sites for hydroxylation is 1. The smallest absolute Gasteiger partial charge is 0.263 e. The molecule has 2 aromatic heterocycles. The monoisotopic (exact) mass is 651 g/mol. The second kappa shape index (κ2) is 12.4. The molecular formula is C34H43F2N7O4. The van der Waals surface area contributed by atoms with Crippen LogP contribution < -0.4 is 20.5 Å². The van der Waals surface area contributed by atoms with E-state index in [1.807, 2.05) is 26.3 Å². The number of alkyl halides is 2. The molecule has 2 aliphatic heterocycles. The molecule has 5 atom stereocenters. The first-order valence-corrected chi connectivity index (χ1v) is 16.5. The first-order valence-electron chi connectivity index (χ1n) is 16.5. The summed E-state index contributed by atoms with van der Waals surface area (Å²) in [5.41, 5.74) is 11.5. The van der Waals surface area contributed by atoms with Gasteiger partial charge in [-0.15, -0.1) is 0 Å². The molecule has 0 unspecified atom stereocenters. The molecular weight excluding hydrogens is 608 g/mol. The van der Waals surface area contributed by atoms with Crippen LogP contribution in [0.25, 0.3) is 11.5 Å². The van der Waals surface area contributed by atoms with E-state index in [1.54, 1.807) is 20.2 Å². The van der Waals surface area contributed by atoms with E-state index >= 15 is 0 Å². The van der Waals surface area contributed by atoms with Crippen LogP contribution in [0.15, 0.2) is 27.7 Å². The molecule has 13 heteroatoms. The number of benzene rings is 1. The largest absolute Gasteiger partial charge is 0.473 e. The number of methoxy groups -OCH3 is 1. The highest BCUT2D eigenvalue weighted by molar-refractivity contribution is 5.91. The SMILES string of the molecule is CN=Cc1c(N)ccc2c1[C@]1(CCCc3c(-c4nc(O[C@@H]5CNCC(F)(F)C5)cc(O[C@@H](C)[C@@H]5[C@@H](OC)CCN5C)n4)noc31)CC2. The van der Waals surface area contributed by atoms with Crippen molar-refractivity contribution in [2.45, 2.75) is 87.6 Å². The summed E-state index contributed by atoms with van der Waals surface area (Å²) in [6, 6.07) is 5.62. The molecule has 2 fully saturated rings. The van der Waals surface area contributed by atoms with Crippen molar-refractivity contribution in [2.75, 3.05) is 46.6 Å². The number of rotatable bonds is 8. The van der Waals surface area contributed by atoms with Crippen LogP contribution in [-0.2, 0) is 23.0 Å². The van der Waals surface area contributed by atoms with E-state index in [-0.39, 0.29) is 48.9 Å². The maximum atomic E-state index is 14.3. The fraction of sp³-hybridized carbons (Fsp3) is 0.588. The standard InChI is InChI=1S/C34H43F2N7O4/c1-19(30-25(44-4)10-13-43(30)3)45-26-14-27(46-21-15-34(35,36)18-39-16-21)41-32(40-26)29-22-6-5-11-33(31(22)47-42-29)12-9-20-7-8-24(37)23(17-38-2)28(20)33/h7-8,14,17,19,21,25,30,39H,5-6,9-13,15-16,18,37H2,1-4H3/t19-,21-,25-,30+,33-/m0/s1. The van der Waals surface area contributed by atoms with E-state index < -0.39 is 23.9 Å². The maximum absolute atomic E-state index is 14.3. The van der Waals surface area contributed by atoms with Gasteiger partial charge in [0, 0.05) is 50.3 Å². The van der Waals surface area contributed by atoms with E-state index in [9.17, 15) is 8.78 Å². The number of aromatic nitrogens is 3. The molecule has 0 bridgehead atoms. The molecule has 4 aliphatic rings. The number of anilines is 1. The molecule has 47 heavy (non-hydrogen) atoms. The van der Waals surface area contributed by atoms with Gasteiger partial charge in [0.2, 0.25) is 11.8 Å². The normalized spacial score (nSPS) is 27.7. The molecule has 2 aliphatic carbocycles. The summed E-state index contributed by atoms with van der Waals surface area (Å²) in [5.74, 6) is -1.40. The van der Waals surface area contributed by atoms with Gasteiger partial charge in [0.15, 0.2) is 17.3 Å². The van der Waals surface area contributed by atoms with Crippen molar-refractivity contribution in [3.05, 3.63) is 46.2 Å². The van der Waals surface area contributed by atoms with Crippen molar-refractivity contribution in [3.8, 4) is 23.3 Å². The van der Waals surface area contributed by atoms with Crippen molar-refractivity contribution in [3.63, 3.8) is 0 Å². The lowest BCUT2D eigenvalue weighted by molar-refractivity contribution is -0.0576. The van der Waals surface area contributed by atoms with Crippen LogP contribution in [0.5, 0.6) is 11.8 Å². The van der Waals surface area contributed by atoms with E-state index in [0.717, 1.165) is 67.5 Å². The summed E-state index contributed by atoms with van der Waals surface area (Å²) < 4.78 is 53.1. The molecule has 0 radical (unpaired) electrons. The van der Waals surface area contributed by atoms with Gasteiger partial charge >= 0.3 is 0 Å². The Labute approximate surface area is 273 Å². The predicted octanol–water partition coefficient (Wildman–Crippen LogP) is 4.19. The highest BCUT2D eigenvalue weighted by Crippen LogP contribution is 2.54. The second-order valence-electron chi connectivity index (χ2n) is 13.4. The first kappa shape index (κ1) is 31.9. The third kappa shape index (κ3) is 5.76. The average Bonchev–Trinajstić information content (AvgIpc) is 3.74. The summed E-state index contributed by atoms with van der Waals surface area (Å²) in [7, 11) is 5.50. The highest BCUT2D eigenvalue weighted by atomic mass is 19.3. The number of likely N-dealkylation sites (N-methyl/N-ethyl adjacent to an activating group) is 1. The zero-order chi connectivity index (χ0) is 32.9. The molecule has 11 nitrogen and oxygen atoms in total. The molecule has 1 aromatic carbocycles. The molecule has 3 aromatic rings. The highest BCUT2D eigenvalue weighted by Gasteiger charge is 2.49. The number of aliphatic imine (C=N–C) groups is 1. The zero-order valence-corrected chi connectivity index (χ0v) is 27.4. The number of likely N-dealkylation sites (tertiary alicyclic amines) is 1. The van der Waals surface area contributed by atoms with E-state index in [4.69, 9.17) is 34.4 Å². The van der Waals surface area contributed by atoms with Gasteiger partial charge in [-0.25, -0.2) is 8.78 Å². The molecule has 0 saturated carbocycles. The molecule has 252 valence electrons. The van der Waals surface area contributed by atoms with Crippen LogP contribution in [0.1, 0.15) is 67.0 Å². The Kier molecular flexibility index (Phi) is 8.42. The van der Waals surface area contributed by atoms with Crippen LogP contribution >= 0.6 is 0 Å². The maximum Gasteiger partial charge on any atom is 0.263 e. The molecule has 7 rings (SSSR count). The van der Waals surface area contributed by atoms with Crippen molar-refractivity contribution >= 4 is 11.9 Å². The predicted molar refractivity (Wildman–Crippen MR) is 173 cm³/mol. The van der Waals surface area contributed by atoms with Gasteiger partial charge in [-0.3, -0.25) is 9.89 Å². The van der Waals surface area contributed by atoms with Crippen molar-refractivity contribution in [2.24, 2.45) is 4.99 Å². The lowest BCUT2D eigenvalue weighted by Gasteiger charge is -2.33.